The van der Waals surface area contributed by atoms with Gasteiger partial charge in [0.05, 0.1) is 28.1 Å². The van der Waals surface area contributed by atoms with Crippen molar-refractivity contribution >= 4 is 61.7 Å². The Labute approximate surface area is 236 Å². The number of amides is 2. The lowest BCUT2D eigenvalue weighted by Gasteiger charge is -2.14. The molecule has 0 spiro atoms. The first-order valence-corrected chi connectivity index (χ1v) is 13.6. The standard InChI is InChI=1S/C30H21BrFNO5S/c1-2-37-25-15-18(16-26-28(34)33(30(36)39-26)17-20-9-4-6-13-24(20)32)14-23(31)27(25)38-29(35)22-12-7-10-19-8-3-5-11-21(19)22/h3-16H,2,17H2,1H3/b26-16-. The molecule has 0 aromatic heterocycles. The topological polar surface area (TPSA) is 72.9 Å². The number of hydrogen-bond donors (Lipinski definition) is 0. The van der Waals surface area contributed by atoms with Crippen LogP contribution in [0, 0.1) is 5.82 Å². The van der Waals surface area contributed by atoms with Crippen molar-refractivity contribution in [1.29, 1.82) is 0 Å². The second-order valence-corrected chi connectivity index (χ2v) is 10.4. The Balaban J connectivity index is 1.42. The number of halogens is 2. The van der Waals surface area contributed by atoms with E-state index in [1.807, 2.05) is 30.3 Å². The van der Waals surface area contributed by atoms with Crippen molar-refractivity contribution in [2.75, 3.05) is 6.61 Å². The van der Waals surface area contributed by atoms with Gasteiger partial charge in [-0.25, -0.2) is 9.18 Å². The fraction of sp³-hybridized carbons (Fsp3) is 0.100. The summed E-state index contributed by atoms with van der Waals surface area (Å²) in [6.45, 7) is 1.93. The van der Waals surface area contributed by atoms with Crippen LogP contribution < -0.4 is 9.47 Å². The van der Waals surface area contributed by atoms with E-state index in [9.17, 15) is 18.8 Å². The predicted octanol–water partition coefficient (Wildman–Crippen LogP) is 7.60. The molecule has 9 heteroatoms. The second kappa shape index (κ2) is 11.4. The number of ether oxygens (including phenoxy) is 2. The van der Waals surface area contributed by atoms with Gasteiger partial charge in [0.2, 0.25) is 0 Å². The van der Waals surface area contributed by atoms with E-state index >= 15 is 0 Å². The summed E-state index contributed by atoms with van der Waals surface area (Å²) in [5.41, 5.74) is 1.21. The van der Waals surface area contributed by atoms with E-state index < -0.39 is 22.9 Å². The van der Waals surface area contributed by atoms with Crippen LogP contribution in [0.2, 0.25) is 0 Å². The third-order valence-corrected chi connectivity index (χ3v) is 7.49. The predicted molar refractivity (Wildman–Crippen MR) is 152 cm³/mol. The number of carbonyl (C=O) groups excluding carboxylic acids is 3. The Kier molecular flexibility index (Phi) is 7.81. The van der Waals surface area contributed by atoms with Crippen molar-refractivity contribution in [3.63, 3.8) is 0 Å². The van der Waals surface area contributed by atoms with Crippen molar-refractivity contribution in [2.24, 2.45) is 0 Å². The van der Waals surface area contributed by atoms with Gasteiger partial charge in [-0.2, -0.15) is 0 Å². The lowest BCUT2D eigenvalue weighted by molar-refractivity contribution is -0.123. The van der Waals surface area contributed by atoms with Gasteiger partial charge in [-0.05, 0) is 81.3 Å². The van der Waals surface area contributed by atoms with Gasteiger partial charge in [-0.3, -0.25) is 14.5 Å². The number of rotatable bonds is 7. The SMILES string of the molecule is CCOc1cc(/C=C2\SC(=O)N(Cc3ccccc3F)C2=O)cc(Br)c1OC(=O)c1cccc2ccccc12. The first kappa shape index (κ1) is 26.6. The van der Waals surface area contributed by atoms with Crippen LogP contribution in [0.5, 0.6) is 11.5 Å². The van der Waals surface area contributed by atoms with Gasteiger partial charge >= 0.3 is 5.97 Å². The number of imide groups is 1. The van der Waals surface area contributed by atoms with Crippen LogP contribution in [0.1, 0.15) is 28.4 Å². The van der Waals surface area contributed by atoms with Gasteiger partial charge in [0.1, 0.15) is 5.82 Å². The molecule has 1 saturated heterocycles. The molecule has 196 valence electrons. The molecule has 1 aliphatic rings. The number of hydrogen-bond acceptors (Lipinski definition) is 6. The van der Waals surface area contributed by atoms with Crippen molar-refractivity contribution in [2.45, 2.75) is 13.5 Å². The summed E-state index contributed by atoms with van der Waals surface area (Å²) in [5, 5.41) is 1.19. The summed E-state index contributed by atoms with van der Waals surface area (Å²) in [6.07, 6.45) is 1.55. The molecule has 0 atom stereocenters. The number of esters is 1. The van der Waals surface area contributed by atoms with Crippen LogP contribution in [-0.4, -0.2) is 28.6 Å². The van der Waals surface area contributed by atoms with Crippen LogP contribution >= 0.6 is 27.7 Å². The fourth-order valence-electron chi connectivity index (χ4n) is 4.17. The molecule has 0 aliphatic carbocycles. The van der Waals surface area contributed by atoms with Crippen LogP contribution in [0.3, 0.4) is 0 Å². The molecule has 0 radical (unpaired) electrons. The highest BCUT2D eigenvalue weighted by molar-refractivity contribution is 9.10. The summed E-state index contributed by atoms with van der Waals surface area (Å²) in [6, 6.07) is 22.2. The summed E-state index contributed by atoms with van der Waals surface area (Å²) < 4.78 is 26.1. The Morgan fingerprint density at radius 2 is 1.77 bits per heavy atom. The van der Waals surface area contributed by atoms with Gasteiger partial charge < -0.3 is 9.47 Å². The number of thioether (sulfide) groups is 1. The summed E-state index contributed by atoms with van der Waals surface area (Å²) in [5.74, 6) is -1.07. The van der Waals surface area contributed by atoms with Crippen molar-refractivity contribution < 1.29 is 28.2 Å². The molecule has 0 unspecified atom stereocenters. The van der Waals surface area contributed by atoms with E-state index in [0.717, 1.165) is 27.4 Å². The largest absolute Gasteiger partial charge is 0.490 e. The van der Waals surface area contributed by atoms with E-state index in [0.29, 0.717) is 22.2 Å². The zero-order valence-electron chi connectivity index (χ0n) is 20.6. The highest BCUT2D eigenvalue weighted by Crippen LogP contribution is 2.40. The zero-order chi connectivity index (χ0) is 27.5. The van der Waals surface area contributed by atoms with Gasteiger partial charge in [0.15, 0.2) is 11.5 Å². The lowest BCUT2D eigenvalue weighted by atomic mass is 10.0. The monoisotopic (exact) mass is 605 g/mol. The van der Waals surface area contributed by atoms with Gasteiger partial charge in [-0.15, -0.1) is 0 Å². The molecule has 0 saturated carbocycles. The number of benzene rings is 4. The molecule has 2 amide bonds. The Morgan fingerprint density at radius 1 is 1.03 bits per heavy atom. The molecule has 1 heterocycles. The Bertz CT molecular complexity index is 1650. The molecular weight excluding hydrogens is 585 g/mol. The summed E-state index contributed by atoms with van der Waals surface area (Å²) in [7, 11) is 0. The van der Waals surface area contributed by atoms with Gasteiger partial charge in [0.25, 0.3) is 11.1 Å². The van der Waals surface area contributed by atoms with E-state index in [1.165, 1.54) is 12.1 Å². The normalized spacial score (nSPS) is 14.3. The molecule has 5 rings (SSSR count). The third-order valence-electron chi connectivity index (χ3n) is 5.99. The molecule has 39 heavy (non-hydrogen) atoms. The molecule has 4 aromatic rings. The minimum atomic E-state index is -0.546. The minimum absolute atomic E-state index is 0.161. The number of nitrogens with zero attached hydrogens (tertiary/aromatic N) is 1. The third kappa shape index (κ3) is 5.60. The summed E-state index contributed by atoms with van der Waals surface area (Å²) in [4.78, 5) is 39.9. The van der Waals surface area contributed by atoms with E-state index in [4.69, 9.17) is 9.47 Å². The van der Waals surface area contributed by atoms with Crippen LogP contribution in [0.15, 0.2) is 88.2 Å². The Hall–Kier alpha value is -3.95. The molecule has 1 aliphatic heterocycles. The minimum Gasteiger partial charge on any atom is -0.490 e. The quantitative estimate of drug-likeness (QED) is 0.123. The highest BCUT2D eigenvalue weighted by Gasteiger charge is 2.35. The maximum Gasteiger partial charge on any atom is 0.344 e. The van der Waals surface area contributed by atoms with E-state index in [1.54, 1.807) is 49.4 Å². The lowest BCUT2D eigenvalue weighted by Crippen LogP contribution is -2.27. The molecule has 1 fully saturated rings. The molecule has 6 nitrogen and oxygen atoms in total. The molecule has 0 N–H and O–H groups in total. The zero-order valence-corrected chi connectivity index (χ0v) is 23.1. The number of fused-ring (bicyclic) bond motifs is 1. The van der Waals surface area contributed by atoms with Crippen molar-refractivity contribution in [3.8, 4) is 11.5 Å². The molecule has 0 bridgehead atoms. The van der Waals surface area contributed by atoms with E-state index in [-0.39, 0.29) is 28.5 Å². The van der Waals surface area contributed by atoms with Gasteiger partial charge in [0, 0.05) is 5.56 Å². The fourth-order valence-corrected chi connectivity index (χ4v) is 5.55. The van der Waals surface area contributed by atoms with Crippen LogP contribution in [0.4, 0.5) is 9.18 Å². The van der Waals surface area contributed by atoms with Crippen LogP contribution in [-0.2, 0) is 11.3 Å². The van der Waals surface area contributed by atoms with Crippen molar-refractivity contribution in [3.05, 3.63) is 111 Å². The second-order valence-electron chi connectivity index (χ2n) is 8.54. The molecule has 4 aromatic carbocycles. The van der Waals surface area contributed by atoms with E-state index in [2.05, 4.69) is 15.9 Å². The first-order valence-electron chi connectivity index (χ1n) is 12.0. The maximum absolute atomic E-state index is 14.1. The molecular formula is C30H21BrFNO5S. The first-order chi connectivity index (χ1) is 18.9. The summed E-state index contributed by atoms with van der Waals surface area (Å²) >= 11 is 4.24. The number of carbonyl (C=O) groups is 3. The average Bonchev–Trinajstić information content (AvgIpc) is 3.18. The smallest absolute Gasteiger partial charge is 0.344 e. The highest BCUT2D eigenvalue weighted by atomic mass is 79.9. The Morgan fingerprint density at radius 3 is 2.56 bits per heavy atom. The maximum atomic E-state index is 14.1. The van der Waals surface area contributed by atoms with Crippen LogP contribution in [0.25, 0.3) is 16.8 Å². The van der Waals surface area contributed by atoms with Crippen molar-refractivity contribution in [1.82, 2.24) is 4.90 Å². The van der Waals surface area contributed by atoms with Gasteiger partial charge in [-0.1, -0.05) is 54.6 Å². The average molecular weight is 606 g/mol.